The Morgan fingerprint density at radius 3 is 2.60 bits per heavy atom. The monoisotopic (exact) mass is 340 g/mol. The number of rotatable bonds is 5. The van der Waals surface area contributed by atoms with Crippen LogP contribution in [0.15, 0.2) is 40.9 Å². The standard InChI is InChI=1S/C15H14BrFO3/c1-19-15-6-10(8-18)2-5-14(15)20-9-11-3-4-12(17)7-13(11)16/h2-7,18H,8-9H2,1H3. The first-order valence-electron chi connectivity index (χ1n) is 5.98. The number of ether oxygens (including phenoxy) is 2. The second-order valence-electron chi connectivity index (χ2n) is 4.17. The summed E-state index contributed by atoms with van der Waals surface area (Å²) < 4.78 is 24.5. The number of benzene rings is 2. The van der Waals surface area contributed by atoms with Crippen molar-refractivity contribution in [2.45, 2.75) is 13.2 Å². The van der Waals surface area contributed by atoms with Crippen LogP contribution in [0.5, 0.6) is 11.5 Å². The van der Waals surface area contributed by atoms with Crippen LogP contribution in [0.2, 0.25) is 0 Å². The molecule has 0 bridgehead atoms. The fourth-order valence-electron chi connectivity index (χ4n) is 1.72. The summed E-state index contributed by atoms with van der Waals surface area (Å²) in [6.07, 6.45) is 0. The molecule has 0 unspecified atom stereocenters. The summed E-state index contributed by atoms with van der Waals surface area (Å²) in [7, 11) is 1.54. The molecule has 0 atom stereocenters. The molecule has 5 heteroatoms. The highest BCUT2D eigenvalue weighted by Gasteiger charge is 2.08. The summed E-state index contributed by atoms with van der Waals surface area (Å²) in [5.74, 6) is 0.821. The smallest absolute Gasteiger partial charge is 0.161 e. The van der Waals surface area contributed by atoms with Gasteiger partial charge in [-0.05, 0) is 29.8 Å². The van der Waals surface area contributed by atoms with E-state index < -0.39 is 0 Å². The predicted octanol–water partition coefficient (Wildman–Crippen LogP) is 3.67. The average Bonchev–Trinajstić information content (AvgIpc) is 2.46. The Kier molecular flexibility index (Phi) is 4.98. The minimum atomic E-state index is -0.300. The SMILES string of the molecule is COc1cc(CO)ccc1OCc1ccc(F)cc1Br. The quantitative estimate of drug-likeness (QED) is 0.902. The lowest BCUT2D eigenvalue weighted by Gasteiger charge is -2.12. The molecule has 0 aliphatic carbocycles. The van der Waals surface area contributed by atoms with Crippen molar-refractivity contribution in [2.24, 2.45) is 0 Å². The topological polar surface area (TPSA) is 38.7 Å². The van der Waals surface area contributed by atoms with Gasteiger partial charge in [0.25, 0.3) is 0 Å². The van der Waals surface area contributed by atoms with Crippen LogP contribution in [-0.2, 0) is 13.2 Å². The Morgan fingerprint density at radius 2 is 1.95 bits per heavy atom. The third kappa shape index (κ3) is 3.49. The van der Waals surface area contributed by atoms with Gasteiger partial charge in [-0.2, -0.15) is 0 Å². The van der Waals surface area contributed by atoms with Crippen molar-refractivity contribution in [3.63, 3.8) is 0 Å². The van der Waals surface area contributed by atoms with E-state index in [1.165, 1.54) is 19.2 Å². The van der Waals surface area contributed by atoms with Gasteiger partial charge in [-0.3, -0.25) is 0 Å². The normalized spacial score (nSPS) is 10.4. The van der Waals surface area contributed by atoms with E-state index in [2.05, 4.69) is 15.9 Å². The van der Waals surface area contributed by atoms with E-state index in [1.54, 1.807) is 24.3 Å². The van der Waals surface area contributed by atoms with Crippen molar-refractivity contribution in [3.05, 3.63) is 57.8 Å². The molecule has 2 aromatic rings. The summed E-state index contributed by atoms with van der Waals surface area (Å²) in [4.78, 5) is 0. The zero-order chi connectivity index (χ0) is 14.5. The van der Waals surface area contributed by atoms with Gasteiger partial charge in [0.1, 0.15) is 12.4 Å². The molecule has 0 spiro atoms. The maximum Gasteiger partial charge on any atom is 0.161 e. The fraction of sp³-hybridized carbons (Fsp3) is 0.200. The van der Waals surface area contributed by atoms with E-state index in [0.29, 0.717) is 16.0 Å². The van der Waals surface area contributed by atoms with Crippen LogP contribution in [0, 0.1) is 5.82 Å². The summed E-state index contributed by atoms with van der Waals surface area (Å²) in [5.41, 5.74) is 1.58. The third-order valence-electron chi connectivity index (χ3n) is 2.81. The molecule has 0 saturated carbocycles. The molecule has 0 radical (unpaired) electrons. The van der Waals surface area contributed by atoms with Crippen molar-refractivity contribution in [2.75, 3.05) is 7.11 Å². The molecule has 0 amide bonds. The molecule has 106 valence electrons. The molecular weight excluding hydrogens is 327 g/mol. The minimum absolute atomic E-state index is 0.0554. The number of hydrogen-bond donors (Lipinski definition) is 1. The molecule has 0 heterocycles. The average molecular weight is 341 g/mol. The zero-order valence-corrected chi connectivity index (χ0v) is 12.5. The molecule has 0 aliphatic heterocycles. The van der Waals surface area contributed by atoms with Crippen molar-refractivity contribution in [1.29, 1.82) is 0 Å². The Labute approximate surface area is 125 Å². The molecule has 1 N–H and O–H groups in total. The third-order valence-corrected chi connectivity index (χ3v) is 3.55. The first kappa shape index (κ1) is 14.8. The predicted molar refractivity (Wildman–Crippen MR) is 77.3 cm³/mol. The van der Waals surface area contributed by atoms with Crippen molar-refractivity contribution in [1.82, 2.24) is 0 Å². The van der Waals surface area contributed by atoms with Gasteiger partial charge in [0.2, 0.25) is 0 Å². The lowest BCUT2D eigenvalue weighted by Crippen LogP contribution is -1.99. The second-order valence-corrected chi connectivity index (χ2v) is 5.02. The van der Waals surface area contributed by atoms with Crippen LogP contribution in [-0.4, -0.2) is 12.2 Å². The molecule has 20 heavy (non-hydrogen) atoms. The van der Waals surface area contributed by atoms with Gasteiger partial charge >= 0.3 is 0 Å². The summed E-state index contributed by atoms with van der Waals surface area (Å²) in [6, 6.07) is 9.66. The molecule has 2 rings (SSSR count). The lowest BCUT2D eigenvalue weighted by atomic mass is 10.2. The largest absolute Gasteiger partial charge is 0.493 e. The van der Waals surface area contributed by atoms with Gasteiger partial charge in [-0.15, -0.1) is 0 Å². The lowest BCUT2D eigenvalue weighted by molar-refractivity contribution is 0.274. The summed E-state index contributed by atoms with van der Waals surface area (Å²) in [5, 5.41) is 9.08. The molecule has 0 fully saturated rings. The van der Waals surface area contributed by atoms with Gasteiger partial charge < -0.3 is 14.6 Å². The number of methoxy groups -OCH3 is 1. The zero-order valence-electron chi connectivity index (χ0n) is 10.9. The molecule has 0 saturated heterocycles. The van der Waals surface area contributed by atoms with Crippen LogP contribution in [0.4, 0.5) is 4.39 Å². The number of hydrogen-bond acceptors (Lipinski definition) is 3. The highest BCUT2D eigenvalue weighted by atomic mass is 79.9. The van der Waals surface area contributed by atoms with Gasteiger partial charge in [0, 0.05) is 10.0 Å². The van der Waals surface area contributed by atoms with Crippen LogP contribution < -0.4 is 9.47 Å². The maximum absolute atomic E-state index is 13.0. The molecular formula is C15H14BrFO3. The van der Waals surface area contributed by atoms with E-state index in [9.17, 15) is 4.39 Å². The maximum atomic E-state index is 13.0. The number of aliphatic hydroxyl groups is 1. The Morgan fingerprint density at radius 1 is 1.15 bits per heavy atom. The van der Waals surface area contributed by atoms with Crippen LogP contribution in [0.1, 0.15) is 11.1 Å². The molecule has 2 aromatic carbocycles. The van der Waals surface area contributed by atoms with E-state index >= 15 is 0 Å². The van der Waals surface area contributed by atoms with E-state index in [4.69, 9.17) is 14.6 Å². The highest BCUT2D eigenvalue weighted by molar-refractivity contribution is 9.10. The molecule has 0 aromatic heterocycles. The van der Waals surface area contributed by atoms with Crippen molar-refractivity contribution in [3.8, 4) is 11.5 Å². The van der Waals surface area contributed by atoms with Gasteiger partial charge in [0.15, 0.2) is 11.5 Å². The van der Waals surface area contributed by atoms with E-state index in [-0.39, 0.29) is 19.0 Å². The van der Waals surface area contributed by atoms with Crippen LogP contribution in [0.3, 0.4) is 0 Å². The highest BCUT2D eigenvalue weighted by Crippen LogP contribution is 2.29. The number of halogens is 2. The molecule has 0 aliphatic rings. The van der Waals surface area contributed by atoms with E-state index in [1.807, 2.05) is 0 Å². The van der Waals surface area contributed by atoms with Crippen molar-refractivity contribution < 1.29 is 19.0 Å². The van der Waals surface area contributed by atoms with Gasteiger partial charge in [-0.1, -0.05) is 28.1 Å². The first-order chi connectivity index (χ1) is 9.63. The van der Waals surface area contributed by atoms with Crippen molar-refractivity contribution >= 4 is 15.9 Å². The van der Waals surface area contributed by atoms with Crippen LogP contribution in [0.25, 0.3) is 0 Å². The Balaban J connectivity index is 2.14. The fourth-order valence-corrected chi connectivity index (χ4v) is 2.19. The van der Waals surface area contributed by atoms with Gasteiger partial charge in [0.05, 0.1) is 13.7 Å². The van der Waals surface area contributed by atoms with Gasteiger partial charge in [-0.25, -0.2) is 4.39 Å². The number of aliphatic hydroxyl groups excluding tert-OH is 1. The molecule has 3 nitrogen and oxygen atoms in total. The van der Waals surface area contributed by atoms with E-state index in [0.717, 1.165) is 11.1 Å². The second kappa shape index (κ2) is 6.72. The summed E-state index contributed by atoms with van der Waals surface area (Å²) >= 11 is 3.29. The summed E-state index contributed by atoms with van der Waals surface area (Å²) in [6.45, 7) is 0.232. The Hall–Kier alpha value is -1.59. The van der Waals surface area contributed by atoms with Crippen LogP contribution >= 0.6 is 15.9 Å². The minimum Gasteiger partial charge on any atom is -0.493 e. The Bertz CT molecular complexity index is 602. The first-order valence-corrected chi connectivity index (χ1v) is 6.78.